The highest BCUT2D eigenvalue weighted by Gasteiger charge is 2.20. The van der Waals surface area contributed by atoms with Gasteiger partial charge in [-0.3, -0.25) is 4.79 Å². The van der Waals surface area contributed by atoms with Crippen LogP contribution in [0, 0.1) is 5.41 Å². The minimum absolute atomic E-state index is 0.0129. The molecule has 118 valence electrons. The summed E-state index contributed by atoms with van der Waals surface area (Å²) >= 11 is 0. The minimum Gasteiger partial charge on any atom is -0.384 e. The first-order chi connectivity index (χ1) is 9.85. The summed E-state index contributed by atoms with van der Waals surface area (Å²) in [5.74, 6) is -0.0129. The molecule has 4 nitrogen and oxygen atoms in total. The molecule has 0 bridgehead atoms. The average Bonchev–Trinajstić information content (AvgIpc) is 2.41. The maximum atomic E-state index is 12.4. The second-order valence-corrected chi connectivity index (χ2v) is 6.56. The fraction of sp³-hybridized carbons (Fsp3) is 0.588. The molecule has 2 N–H and O–H groups in total. The molecule has 1 amide bonds. The van der Waals surface area contributed by atoms with Crippen molar-refractivity contribution >= 4 is 11.6 Å². The first-order valence-electron chi connectivity index (χ1n) is 7.61. The lowest BCUT2D eigenvalue weighted by molar-refractivity contribution is 0.0930. The number of carbonyl (C=O) groups is 1. The number of anilines is 1. The van der Waals surface area contributed by atoms with Gasteiger partial charge in [0.05, 0.1) is 5.56 Å². The topological polar surface area (TPSA) is 44.4 Å². The van der Waals surface area contributed by atoms with Gasteiger partial charge in [0.1, 0.15) is 0 Å². The van der Waals surface area contributed by atoms with Crippen molar-refractivity contribution in [2.75, 3.05) is 39.0 Å². The molecule has 1 aromatic carbocycles. The fourth-order valence-electron chi connectivity index (χ4n) is 2.42. The smallest absolute Gasteiger partial charge is 0.253 e. The molecule has 21 heavy (non-hydrogen) atoms. The molecule has 0 atom stereocenters. The number of hydrogen-bond acceptors (Lipinski definition) is 3. The molecule has 0 aliphatic heterocycles. The predicted octanol–water partition coefficient (Wildman–Crippen LogP) is 2.83. The van der Waals surface area contributed by atoms with Gasteiger partial charge in [-0.15, -0.1) is 0 Å². The maximum absolute atomic E-state index is 12.4. The molecule has 0 radical (unpaired) electrons. The first-order valence-corrected chi connectivity index (χ1v) is 7.61. The van der Waals surface area contributed by atoms with Crippen LogP contribution in [0.4, 0.5) is 5.69 Å². The zero-order chi connectivity index (χ0) is 15.9. The van der Waals surface area contributed by atoms with E-state index in [-0.39, 0.29) is 11.3 Å². The van der Waals surface area contributed by atoms with E-state index in [1.165, 1.54) is 0 Å². The highest BCUT2D eigenvalue weighted by atomic mass is 16.1. The second-order valence-electron chi connectivity index (χ2n) is 6.56. The summed E-state index contributed by atoms with van der Waals surface area (Å²) in [6.45, 7) is 8.90. The Morgan fingerprint density at radius 1 is 1.24 bits per heavy atom. The molecule has 0 saturated carbocycles. The van der Waals surface area contributed by atoms with Crippen LogP contribution >= 0.6 is 0 Å². The van der Waals surface area contributed by atoms with E-state index >= 15 is 0 Å². The molecule has 1 rings (SSSR count). The summed E-state index contributed by atoms with van der Waals surface area (Å²) in [7, 11) is 4.10. The Bertz CT molecular complexity index is 455. The molecule has 4 heteroatoms. The number of hydrogen-bond donors (Lipinski definition) is 2. The lowest BCUT2D eigenvalue weighted by Gasteiger charge is -2.28. The summed E-state index contributed by atoms with van der Waals surface area (Å²) in [6.07, 6.45) is 1.03. The molecular weight excluding hydrogens is 262 g/mol. The van der Waals surface area contributed by atoms with Gasteiger partial charge in [-0.25, -0.2) is 0 Å². The Morgan fingerprint density at radius 2 is 1.90 bits per heavy atom. The maximum Gasteiger partial charge on any atom is 0.253 e. The lowest BCUT2D eigenvalue weighted by atomic mass is 9.93. The van der Waals surface area contributed by atoms with E-state index in [2.05, 4.69) is 36.3 Å². The van der Waals surface area contributed by atoms with Gasteiger partial charge in [0.2, 0.25) is 0 Å². The molecule has 0 heterocycles. The van der Waals surface area contributed by atoms with Crippen LogP contribution in [0.15, 0.2) is 24.3 Å². The third-order valence-corrected chi connectivity index (χ3v) is 3.21. The van der Waals surface area contributed by atoms with Crippen LogP contribution in [0.5, 0.6) is 0 Å². The first kappa shape index (κ1) is 17.5. The molecule has 0 aromatic heterocycles. The predicted molar refractivity (Wildman–Crippen MR) is 89.9 cm³/mol. The summed E-state index contributed by atoms with van der Waals surface area (Å²) in [4.78, 5) is 14.5. The number of amides is 1. The van der Waals surface area contributed by atoms with Crippen LogP contribution in [0.25, 0.3) is 0 Å². The highest BCUT2D eigenvalue weighted by molar-refractivity contribution is 5.99. The van der Waals surface area contributed by atoms with Gasteiger partial charge in [-0.2, -0.15) is 0 Å². The number of rotatable bonds is 8. The van der Waals surface area contributed by atoms with Crippen molar-refractivity contribution in [2.24, 2.45) is 5.41 Å². The zero-order valence-corrected chi connectivity index (χ0v) is 14.0. The van der Waals surface area contributed by atoms with Crippen LogP contribution in [-0.4, -0.2) is 44.5 Å². The Hall–Kier alpha value is -1.55. The monoisotopic (exact) mass is 291 g/mol. The van der Waals surface area contributed by atoms with Crippen molar-refractivity contribution in [3.05, 3.63) is 29.8 Å². The number of nitrogens with one attached hydrogen (secondary N) is 2. The van der Waals surface area contributed by atoms with E-state index in [0.29, 0.717) is 12.1 Å². The molecule has 0 saturated heterocycles. The van der Waals surface area contributed by atoms with E-state index in [1.807, 2.05) is 38.4 Å². The van der Waals surface area contributed by atoms with Crippen LogP contribution < -0.4 is 10.6 Å². The number of para-hydroxylation sites is 1. The van der Waals surface area contributed by atoms with E-state index in [0.717, 1.165) is 25.2 Å². The van der Waals surface area contributed by atoms with Crippen molar-refractivity contribution in [3.63, 3.8) is 0 Å². The second kappa shape index (κ2) is 8.03. The average molecular weight is 291 g/mol. The molecule has 0 aliphatic carbocycles. The quantitative estimate of drug-likeness (QED) is 0.774. The molecule has 0 spiro atoms. The zero-order valence-electron chi connectivity index (χ0n) is 14.0. The van der Waals surface area contributed by atoms with Crippen molar-refractivity contribution in [2.45, 2.75) is 27.2 Å². The van der Waals surface area contributed by atoms with Gasteiger partial charge in [-0.1, -0.05) is 32.9 Å². The Kier molecular flexibility index (Phi) is 6.69. The van der Waals surface area contributed by atoms with Crippen molar-refractivity contribution in [3.8, 4) is 0 Å². The van der Waals surface area contributed by atoms with Gasteiger partial charge in [-0.05, 0) is 38.1 Å². The van der Waals surface area contributed by atoms with Crippen molar-refractivity contribution < 1.29 is 4.79 Å². The van der Waals surface area contributed by atoms with Crippen molar-refractivity contribution in [1.29, 1.82) is 0 Å². The number of benzene rings is 1. The Morgan fingerprint density at radius 3 is 2.52 bits per heavy atom. The third kappa shape index (κ3) is 6.17. The molecule has 0 aliphatic rings. The Labute approximate surface area is 128 Å². The summed E-state index contributed by atoms with van der Waals surface area (Å²) in [5, 5.41) is 6.36. The number of carbonyl (C=O) groups excluding carboxylic acids is 1. The van der Waals surface area contributed by atoms with E-state index < -0.39 is 0 Å². The standard InChI is InChI=1S/C17H29N3O/c1-6-11-18-15-10-8-7-9-14(15)16(21)19-12-17(2,3)13-20(4)5/h7-10,18H,6,11-13H2,1-5H3,(H,19,21). The summed E-state index contributed by atoms with van der Waals surface area (Å²) < 4.78 is 0. The van der Waals surface area contributed by atoms with Gasteiger partial charge < -0.3 is 15.5 Å². The third-order valence-electron chi connectivity index (χ3n) is 3.21. The van der Waals surface area contributed by atoms with Crippen LogP contribution in [0.3, 0.4) is 0 Å². The van der Waals surface area contributed by atoms with Gasteiger partial charge >= 0.3 is 0 Å². The fourth-order valence-corrected chi connectivity index (χ4v) is 2.42. The highest BCUT2D eigenvalue weighted by Crippen LogP contribution is 2.17. The summed E-state index contributed by atoms with van der Waals surface area (Å²) in [5.41, 5.74) is 1.67. The molecular formula is C17H29N3O. The van der Waals surface area contributed by atoms with Crippen LogP contribution in [-0.2, 0) is 0 Å². The van der Waals surface area contributed by atoms with Gasteiger partial charge in [0.25, 0.3) is 5.91 Å². The van der Waals surface area contributed by atoms with Crippen LogP contribution in [0.2, 0.25) is 0 Å². The number of nitrogens with zero attached hydrogens (tertiary/aromatic N) is 1. The van der Waals surface area contributed by atoms with E-state index in [4.69, 9.17) is 0 Å². The van der Waals surface area contributed by atoms with Crippen molar-refractivity contribution in [1.82, 2.24) is 10.2 Å². The molecule has 0 fully saturated rings. The lowest BCUT2D eigenvalue weighted by Crippen LogP contribution is -2.40. The Balaban J connectivity index is 2.67. The SMILES string of the molecule is CCCNc1ccccc1C(=O)NCC(C)(C)CN(C)C. The molecule has 0 unspecified atom stereocenters. The molecule has 1 aromatic rings. The summed E-state index contributed by atoms with van der Waals surface area (Å²) in [6, 6.07) is 7.67. The normalized spacial score (nSPS) is 11.5. The van der Waals surface area contributed by atoms with Gasteiger partial charge in [0.15, 0.2) is 0 Å². The minimum atomic E-state index is -0.0129. The van der Waals surface area contributed by atoms with E-state index in [9.17, 15) is 4.79 Å². The largest absolute Gasteiger partial charge is 0.384 e. The van der Waals surface area contributed by atoms with E-state index in [1.54, 1.807) is 0 Å². The van der Waals surface area contributed by atoms with Crippen LogP contribution in [0.1, 0.15) is 37.6 Å². The van der Waals surface area contributed by atoms with Gasteiger partial charge in [0, 0.05) is 25.3 Å².